The Labute approximate surface area is 145 Å². The molecule has 0 unspecified atom stereocenters. The molecule has 1 saturated carbocycles. The van der Waals surface area contributed by atoms with Crippen molar-refractivity contribution in [2.24, 2.45) is 11.8 Å². The van der Waals surface area contributed by atoms with Crippen LogP contribution in [0.25, 0.3) is 0 Å². The van der Waals surface area contributed by atoms with E-state index < -0.39 is 12.1 Å². The summed E-state index contributed by atoms with van der Waals surface area (Å²) < 4.78 is 5.76. The van der Waals surface area contributed by atoms with Crippen molar-refractivity contribution in [3.63, 3.8) is 0 Å². The first kappa shape index (κ1) is 18.7. The van der Waals surface area contributed by atoms with Gasteiger partial charge in [-0.05, 0) is 29.7 Å². The number of aliphatic hydroxyl groups excluding tert-OH is 1. The van der Waals surface area contributed by atoms with Crippen LogP contribution in [0, 0.1) is 11.8 Å². The maximum absolute atomic E-state index is 12.2. The summed E-state index contributed by atoms with van der Waals surface area (Å²) in [5.74, 6) is 0.251. The van der Waals surface area contributed by atoms with Crippen LogP contribution in [0.4, 0.5) is 0 Å². The SMILES string of the molecule is C=CC[C@H](O)C(=O)O[C@@H]1C[C@H](C)CC[C@H]1C(C)(C)c1ccccc1. The number of carbonyl (C=O) groups is 1. The molecule has 0 amide bonds. The first-order chi connectivity index (χ1) is 11.4. The number of benzene rings is 1. The van der Waals surface area contributed by atoms with E-state index in [0.29, 0.717) is 5.92 Å². The Morgan fingerprint density at radius 3 is 2.67 bits per heavy atom. The monoisotopic (exact) mass is 330 g/mol. The Morgan fingerprint density at radius 2 is 2.04 bits per heavy atom. The number of rotatable bonds is 6. The number of aliphatic hydroxyl groups is 1. The quantitative estimate of drug-likeness (QED) is 0.626. The molecule has 1 aromatic rings. The van der Waals surface area contributed by atoms with Crippen LogP contribution < -0.4 is 0 Å². The van der Waals surface area contributed by atoms with Crippen LogP contribution in [0.1, 0.15) is 52.0 Å². The second-order valence-corrected chi connectivity index (χ2v) is 7.63. The molecular weight excluding hydrogens is 300 g/mol. The molecule has 0 bridgehead atoms. The summed E-state index contributed by atoms with van der Waals surface area (Å²) in [4.78, 5) is 12.2. The van der Waals surface area contributed by atoms with Gasteiger partial charge in [-0.15, -0.1) is 6.58 Å². The third kappa shape index (κ3) is 4.27. The van der Waals surface area contributed by atoms with Gasteiger partial charge in [-0.3, -0.25) is 0 Å². The molecule has 2 rings (SSSR count). The lowest BCUT2D eigenvalue weighted by Crippen LogP contribution is -2.44. The highest BCUT2D eigenvalue weighted by atomic mass is 16.6. The Balaban J connectivity index is 2.19. The van der Waals surface area contributed by atoms with Crippen molar-refractivity contribution in [2.75, 3.05) is 0 Å². The van der Waals surface area contributed by atoms with E-state index in [2.05, 4.69) is 51.6 Å². The van der Waals surface area contributed by atoms with Gasteiger partial charge in [-0.2, -0.15) is 0 Å². The van der Waals surface area contributed by atoms with Gasteiger partial charge in [-0.25, -0.2) is 4.79 Å². The van der Waals surface area contributed by atoms with E-state index in [1.807, 2.05) is 6.07 Å². The molecule has 132 valence electrons. The molecule has 24 heavy (non-hydrogen) atoms. The average Bonchev–Trinajstić information content (AvgIpc) is 2.55. The lowest BCUT2D eigenvalue weighted by Gasteiger charge is -2.44. The predicted octanol–water partition coefficient (Wildman–Crippen LogP) is 4.25. The minimum atomic E-state index is -1.11. The van der Waals surface area contributed by atoms with Crippen LogP contribution in [0.5, 0.6) is 0 Å². The largest absolute Gasteiger partial charge is 0.460 e. The average molecular weight is 330 g/mol. The topological polar surface area (TPSA) is 46.5 Å². The molecule has 1 aliphatic rings. The van der Waals surface area contributed by atoms with E-state index in [-0.39, 0.29) is 23.9 Å². The first-order valence-corrected chi connectivity index (χ1v) is 8.91. The summed E-state index contributed by atoms with van der Waals surface area (Å²) in [5, 5.41) is 9.87. The third-order valence-electron chi connectivity index (χ3n) is 5.43. The molecule has 4 atom stereocenters. The smallest absolute Gasteiger partial charge is 0.335 e. The van der Waals surface area contributed by atoms with Gasteiger partial charge < -0.3 is 9.84 Å². The summed E-state index contributed by atoms with van der Waals surface area (Å²) >= 11 is 0. The van der Waals surface area contributed by atoms with Gasteiger partial charge in [-0.1, -0.05) is 63.6 Å². The van der Waals surface area contributed by atoms with E-state index in [4.69, 9.17) is 4.74 Å². The Kier molecular flexibility index (Phi) is 6.22. The van der Waals surface area contributed by atoms with Gasteiger partial charge in [0.2, 0.25) is 0 Å². The lowest BCUT2D eigenvalue weighted by atomic mass is 9.64. The molecule has 0 heterocycles. The minimum absolute atomic E-state index is 0.0876. The van der Waals surface area contributed by atoms with Crippen molar-refractivity contribution in [2.45, 2.75) is 64.1 Å². The summed E-state index contributed by atoms with van der Waals surface area (Å²) in [6, 6.07) is 10.4. The number of hydrogen-bond acceptors (Lipinski definition) is 3. The summed E-state index contributed by atoms with van der Waals surface area (Å²) in [5.41, 5.74) is 1.17. The summed E-state index contributed by atoms with van der Waals surface area (Å²) in [7, 11) is 0. The highest BCUT2D eigenvalue weighted by molar-refractivity contribution is 5.74. The van der Waals surface area contributed by atoms with Crippen molar-refractivity contribution in [1.82, 2.24) is 0 Å². The molecule has 3 heteroatoms. The number of hydrogen-bond donors (Lipinski definition) is 1. The molecule has 0 aliphatic heterocycles. The van der Waals surface area contributed by atoms with Gasteiger partial charge >= 0.3 is 5.97 Å². The predicted molar refractivity (Wildman–Crippen MR) is 96.7 cm³/mol. The van der Waals surface area contributed by atoms with Crippen LogP contribution in [-0.4, -0.2) is 23.3 Å². The third-order valence-corrected chi connectivity index (χ3v) is 5.43. The highest BCUT2D eigenvalue weighted by Crippen LogP contribution is 2.43. The summed E-state index contributed by atoms with van der Waals surface area (Å²) in [6.45, 7) is 10.2. The molecule has 0 saturated heterocycles. The standard InChI is InChI=1S/C21H30O3/c1-5-9-18(22)20(23)24-19-14-15(2)12-13-17(19)21(3,4)16-10-7-6-8-11-16/h5-8,10-11,15,17-19,22H,1,9,12-14H2,2-4H3/t15-,17-,18+,19-/m1/s1. The van der Waals surface area contributed by atoms with Crippen molar-refractivity contribution in [3.8, 4) is 0 Å². The van der Waals surface area contributed by atoms with E-state index in [0.717, 1.165) is 19.3 Å². The van der Waals surface area contributed by atoms with Gasteiger partial charge in [0.05, 0.1) is 0 Å². The molecule has 1 aliphatic carbocycles. The van der Waals surface area contributed by atoms with Crippen molar-refractivity contribution in [1.29, 1.82) is 0 Å². The Hall–Kier alpha value is -1.61. The molecule has 0 aromatic heterocycles. The number of carbonyl (C=O) groups excluding carboxylic acids is 1. The Bertz CT molecular complexity index is 549. The molecule has 0 radical (unpaired) electrons. The normalized spacial score (nSPS) is 25.8. The van der Waals surface area contributed by atoms with Crippen molar-refractivity contribution < 1.29 is 14.6 Å². The minimum Gasteiger partial charge on any atom is -0.460 e. The van der Waals surface area contributed by atoms with Crippen LogP contribution >= 0.6 is 0 Å². The number of esters is 1. The second kappa shape index (κ2) is 7.98. The second-order valence-electron chi connectivity index (χ2n) is 7.63. The van der Waals surface area contributed by atoms with Crippen LogP contribution in [0.2, 0.25) is 0 Å². The fourth-order valence-corrected chi connectivity index (χ4v) is 3.85. The fraction of sp³-hybridized carbons (Fsp3) is 0.571. The Morgan fingerprint density at radius 1 is 1.38 bits per heavy atom. The zero-order valence-corrected chi connectivity index (χ0v) is 15.1. The van der Waals surface area contributed by atoms with E-state index in [1.165, 1.54) is 5.56 Å². The van der Waals surface area contributed by atoms with Crippen molar-refractivity contribution >= 4 is 5.97 Å². The molecule has 3 nitrogen and oxygen atoms in total. The van der Waals surface area contributed by atoms with Crippen LogP contribution in [-0.2, 0) is 14.9 Å². The molecule has 1 N–H and O–H groups in total. The lowest BCUT2D eigenvalue weighted by molar-refractivity contribution is -0.166. The molecular formula is C21H30O3. The molecule has 1 aromatic carbocycles. The maximum atomic E-state index is 12.2. The van der Waals surface area contributed by atoms with Gasteiger partial charge in [0, 0.05) is 12.3 Å². The zero-order chi connectivity index (χ0) is 17.7. The zero-order valence-electron chi connectivity index (χ0n) is 15.1. The maximum Gasteiger partial charge on any atom is 0.335 e. The van der Waals surface area contributed by atoms with E-state index in [1.54, 1.807) is 6.08 Å². The van der Waals surface area contributed by atoms with Crippen LogP contribution in [0.15, 0.2) is 43.0 Å². The van der Waals surface area contributed by atoms with Crippen LogP contribution in [0.3, 0.4) is 0 Å². The first-order valence-electron chi connectivity index (χ1n) is 8.91. The van der Waals surface area contributed by atoms with Gasteiger partial charge in [0.1, 0.15) is 6.10 Å². The van der Waals surface area contributed by atoms with Gasteiger partial charge in [0.15, 0.2) is 6.10 Å². The van der Waals surface area contributed by atoms with E-state index in [9.17, 15) is 9.90 Å². The highest BCUT2D eigenvalue weighted by Gasteiger charge is 2.42. The fourth-order valence-electron chi connectivity index (χ4n) is 3.85. The van der Waals surface area contributed by atoms with E-state index >= 15 is 0 Å². The van der Waals surface area contributed by atoms with Crippen molar-refractivity contribution in [3.05, 3.63) is 48.6 Å². The summed E-state index contributed by atoms with van der Waals surface area (Å²) in [6.07, 6.45) is 3.53. The molecule has 0 spiro atoms. The molecule has 1 fully saturated rings. The van der Waals surface area contributed by atoms with Gasteiger partial charge in [0.25, 0.3) is 0 Å². The number of ether oxygens (including phenoxy) is 1.